The van der Waals surface area contributed by atoms with Crippen LogP contribution in [0.3, 0.4) is 0 Å². The van der Waals surface area contributed by atoms with Crippen LogP contribution in [0.5, 0.6) is 0 Å². The Balaban J connectivity index is 1.44. The van der Waals surface area contributed by atoms with E-state index in [1.165, 1.54) is 0 Å². The Labute approximate surface area is 210 Å². The first-order chi connectivity index (χ1) is 17.6. The molecule has 0 saturated carbocycles. The maximum atomic E-state index is 5.09. The van der Waals surface area contributed by atoms with Crippen LogP contribution >= 0.6 is 0 Å². The van der Waals surface area contributed by atoms with Crippen LogP contribution in [0.2, 0.25) is 0 Å². The van der Waals surface area contributed by atoms with Gasteiger partial charge in [0.2, 0.25) is 0 Å². The van der Waals surface area contributed by atoms with E-state index in [1.807, 2.05) is 42.7 Å². The Morgan fingerprint density at radius 2 is 1.97 bits per heavy atom. The van der Waals surface area contributed by atoms with Gasteiger partial charge in [-0.1, -0.05) is 32.1 Å². The van der Waals surface area contributed by atoms with E-state index < -0.39 is 0 Å². The molecule has 4 aromatic heterocycles. The molecule has 180 valence electrons. The summed E-state index contributed by atoms with van der Waals surface area (Å²) in [5.74, 6) is 2.17. The van der Waals surface area contributed by atoms with Crippen LogP contribution in [0, 0.1) is 5.41 Å². The van der Waals surface area contributed by atoms with Crippen molar-refractivity contribution in [3.05, 3.63) is 79.0 Å². The van der Waals surface area contributed by atoms with E-state index in [9.17, 15) is 0 Å². The predicted molar refractivity (Wildman–Crippen MR) is 144 cm³/mol. The molecule has 36 heavy (non-hydrogen) atoms. The minimum absolute atomic E-state index is 0.0794. The molecular weight excluding hydrogens is 448 g/mol. The van der Waals surface area contributed by atoms with Crippen molar-refractivity contribution in [3.63, 3.8) is 0 Å². The molecule has 0 aromatic carbocycles. The average molecular weight is 477 g/mol. The number of pyridine rings is 3. The van der Waals surface area contributed by atoms with E-state index in [1.54, 1.807) is 18.6 Å². The van der Waals surface area contributed by atoms with Gasteiger partial charge in [0, 0.05) is 42.3 Å². The molecule has 0 bridgehead atoms. The number of hydrogen-bond donors (Lipinski definition) is 3. The maximum Gasteiger partial charge on any atom is 0.162 e. The summed E-state index contributed by atoms with van der Waals surface area (Å²) < 4.78 is 0. The van der Waals surface area contributed by atoms with Crippen LogP contribution in [0.25, 0.3) is 27.9 Å². The summed E-state index contributed by atoms with van der Waals surface area (Å²) in [7, 11) is 0. The predicted octanol–water partition coefficient (Wildman–Crippen LogP) is 4.98. The van der Waals surface area contributed by atoms with Crippen molar-refractivity contribution in [1.29, 1.82) is 0 Å². The van der Waals surface area contributed by atoms with E-state index in [0.717, 1.165) is 58.6 Å². The van der Waals surface area contributed by atoms with Gasteiger partial charge in [-0.15, -0.1) is 0 Å². The molecule has 1 atom stereocenters. The number of allylic oxidation sites excluding steroid dienone is 4. The molecule has 1 aliphatic carbocycles. The highest BCUT2D eigenvalue weighted by Crippen LogP contribution is 2.36. The third-order valence-electron chi connectivity index (χ3n) is 6.87. The quantitative estimate of drug-likeness (QED) is 0.358. The highest BCUT2D eigenvalue weighted by molar-refractivity contribution is 6.02. The standard InChI is InChI=1S/C28H28N8/c1-28(2)17-30-11-9-23(28)35-27-25-21(18-5-3-6-18)15-31-16-22(25)34-26(36-27)19-8-12-32-24(13-19)33-20-7-4-10-29-14-20/h3-8,10,12-16,23,30H,9,11,17H2,1-2H3,(H,32,33)(H,34,35,36)/t23-/m0/s1. The zero-order valence-electron chi connectivity index (χ0n) is 20.4. The van der Waals surface area contributed by atoms with Gasteiger partial charge in [0.15, 0.2) is 5.82 Å². The minimum Gasteiger partial charge on any atom is -0.366 e. The van der Waals surface area contributed by atoms with Crippen LogP contribution < -0.4 is 16.0 Å². The Morgan fingerprint density at radius 3 is 2.75 bits per heavy atom. The highest BCUT2D eigenvalue weighted by atomic mass is 15.1. The molecule has 1 fully saturated rings. The molecule has 8 heteroatoms. The highest BCUT2D eigenvalue weighted by Gasteiger charge is 2.33. The number of aromatic nitrogens is 5. The van der Waals surface area contributed by atoms with Gasteiger partial charge in [-0.25, -0.2) is 15.0 Å². The maximum absolute atomic E-state index is 5.09. The SMILES string of the molecule is CC1(C)CNCC[C@@H]1Nc1nc(-c2ccnc(Nc3cccnc3)c2)nc2cncc(C3=CC=C3)c12. The van der Waals surface area contributed by atoms with E-state index in [4.69, 9.17) is 9.97 Å². The van der Waals surface area contributed by atoms with Gasteiger partial charge in [-0.3, -0.25) is 9.97 Å². The number of nitrogens with zero attached hydrogens (tertiary/aromatic N) is 5. The monoisotopic (exact) mass is 476 g/mol. The molecule has 3 N–H and O–H groups in total. The molecule has 2 aliphatic rings. The number of anilines is 3. The Hall–Kier alpha value is -4.17. The van der Waals surface area contributed by atoms with Crippen molar-refractivity contribution in [1.82, 2.24) is 30.2 Å². The average Bonchev–Trinajstić information content (AvgIpc) is 2.85. The van der Waals surface area contributed by atoms with Gasteiger partial charge in [0.1, 0.15) is 11.6 Å². The fourth-order valence-corrected chi connectivity index (χ4v) is 4.73. The summed E-state index contributed by atoms with van der Waals surface area (Å²) in [5.41, 5.74) is 4.82. The second kappa shape index (κ2) is 9.13. The summed E-state index contributed by atoms with van der Waals surface area (Å²) >= 11 is 0. The van der Waals surface area contributed by atoms with E-state index in [-0.39, 0.29) is 11.5 Å². The fraction of sp³-hybridized carbons (Fsp3) is 0.250. The Kier molecular flexibility index (Phi) is 5.65. The van der Waals surface area contributed by atoms with Crippen molar-refractivity contribution >= 4 is 33.8 Å². The van der Waals surface area contributed by atoms with Gasteiger partial charge in [-0.2, -0.15) is 0 Å². The number of fused-ring (bicyclic) bond motifs is 1. The van der Waals surface area contributed by atoms with Crippen molar-refractivity contribution in [2.75, 3.05) is 23.7 Å². The lowest BCUT2D eigenvalue weighted by Gasteiger charge is -2.40. The second-order valence-electron chi connectivity index (χ2n) is 9.91. The molecule has 1 aliphatic heterocycles. The molecule has 4 aromatic rings. The molecule has 8 nitrogen and oxygen atoms in total. The minimum atomic E-state index is 0.0794. The molecule has 1 saturated heterocycles. The normalized spacial score (nSPS) is 18.4. The topological polar surface area (TPSA) is 101 Å². The zero-order valence-corrected chi connectivity index (χ0v) is 20.4. The van der Waals surface area contributed by atoms with Gasteiger partial charge < -0.3 is 16.0 Å². The summed E-state index contributed by atoms with van der Waals surface area (Å²) in [6, 6.07) is 8.00. The van der Waals surface area contributed by atoms with Gasteiger partial charge in [-0.05, 0) is 48.2 Å². The summed E-state index contributed by atoms with van der Waals surface area (Å²) in [6.07, 6.45) is 16.3. The first kappa shape index (κ1) is 22.3. The second-order valence-corrected chi connectivity index (χ2v) is 9.91. The molecule has 0 radical (unpaired) electrons. The van der Waals surface area contributed by atoms with E-state index in [2.05, 4.69) is 56.9 Å². The Morgan fingerprint density at radius 1 is 1.06 bits per heavy atom. The third-order valence-corrected chi connectivity index (χ3v) is 6.87. The fourth-order valence-electron chi connectivity index (χ4n) is 4.73. The number of hydrogen-bond acceptors (Lipinski definition) is 8. The van der Waals surface area contributed by atoms with E-state index >= 15 is 0 Å². The zero-order chi connectivity index (χ0) is 24.5. The smallest absolute Gasteiger partial charge is 0.162 e. The van der Waals surface area contributed by atoms with Crippen molar-refractivity contribution in [3.8, 4) is 11.4 Å². The third kappa shape index (κ3) is 4.31. The molecular formula is C28H28N8. The summed E-state index contributed by atoms with van der Waals surface area (Å²) in [4.78, 5) is 23.2. The largest absolute Gasteiger partial charge is 0.366 e. The van der Waals surface area contributed by atoms with Crippen LogP contribution in [0.1, 0.15) is 25.8 Å². The van der Waals surface area contributed by atoms with Gasteiger partial charge in [0.25, 0.3) is 0 Å². The lowest BCUT2D eigenvalue weighted by Crippen LogP contribution is -2.49. The van der Waals surface area contributed by atoms with Crippen LogP contribution in [-0.2, 0) is 0 Å². The number of nitrogens with one attached hydrogen (secondary N) is 3. The van der Waals surface area contributed by atoms with Crippen molar-refractivity contribution in [2.24, 2.45) is 5.41 Å². The van der Waals surface area contributed by atoms with Gasteiger partial charge >= 0.3 is 0 Å². The van der Waals surface area contributed by atoms with Crippen molar-refractivity contribution in [2.45, 2.75) is 26.3 Å². The lowest BCUT2D eigenvalue weighted by atomic mass is 9.80. The summed E-state index contributed by atoms with van der Waals surface area (Å²) in [5, 5.41) is 11.6. The molecule has 5 heterocycles. The van der Waals surface area contributed by atoms with Gasteiger partial charge in [0.05, 0.1) is 29.0 Å². The molecule has 0 amide bonds. The first-order valence-corrected chi connectivity index (χ1v) is 12.2. The molecule has 0 spiro atoms. The number of piperidine rings is 1. The summed E-state index contributed by atoms with van der Waals surface area (Å²) in [6.45, 7) is 6.52. The number of rotatable bonds is 6. The van der Waals surface area contributed by atoms with Crippen LogP contribution in [0.15, 0.2) is 73.5 Å². The molecule has 0 unspecified atom stereocenters. The van der Waals surface area contributed by atoms with Crippen LogP contribution in [0.4, 0.5) is 17.3 Å². The molecule has 6 rings (SSSR count). The lowest BCUT2D eigenvalue weighted by molar-refractivity contribution is 0.236. The van der Waals surface area contributed by atoms with Crippen LogP contribution in [-0.4, -0.2) is 44.1 Å². The van der Waals surface area contributed by atoms with E-state index in [0.29, 0.717) is 11.6 Å². The Bertz CT molecular complexity index is 1480. The first-order valence-electron chi connectivity index (χ1n) is 12.2. The van der Waals surface area contributed by atoms with Crippen molar-refractivity contribution < 1.29 is 0 Å².